The van der Waals surface area contributed by atoms with Gasteiger partial charge < -0.3 is 10.6 Å². The summed E-state index contributed by atoms with van der Waals surface area (Å²) >= 11 is 0. The van der Waals surface area contributed by atoms with Gasteiger partial charge in [0.05, 0.1) is 11.3 Å². The fourth-order valence-electron chi connectivity index (χ4n) is 4.03. The number of H-pyrrole nitrogens is 1. The molecular weight excluding hydrogens is 264 g/mol. The molecule has 1 unspecified atom stereocenters. The number of rotatable bonds is 2. The Hall–Kier alpha value is -1.36. The molecule has 2 fully saturated rings. The van der Waals surface area contributed by atoms with Crippen molar-refractivity contribution in [3.63, 3.8) is 0 Å². The normalized spacial score (nSPS) is 25.0. The number of aryl methyl sites for hydroxylation is 2. The molecular formula is C16H26N4O. The molecule has 0 radical (unpaired) electrons. The molecule has 1 saturated heterocycles. The van der Waals surface area contributed by atoms with Gasteiger partial charge in [-0.05, 0) is 46.1 Å². The number of carbonyl (C=O) groups excluding carboxylic acids is 1. The van der Waals surface area contributed by atoms with Gasteiger partial charge in [-0.25, -0.2) is 0 Å². The Morgan fingerprint density at radius 2 is 2.05 bits per heavy atom. The lowest BCUT2D eigenvalue weighted by atomic mass is 9.75. The van der Waals surface area contributed by atoms with Crippen molar-refractivity contribution in [2.45, 2.75) is 70.4 Å². The van der Waals surface area contributed by atoms with Crippen LogP contribution in [0.1, 0.15) is 66.7 Å². The minimum absolute atomic E-state index is 0.0246. The Kier molecular flexibility index (Phi) is 4.02. The van der Waals surface area contributed by atoms with Gasteiger partial charge in [-0.15, -0.1) is 0 Å². The summed E-state index contributed by atoms with van der Waals surface area (Å²) in [7, 11) is 0. The maximum absolute atomic E-state index is 12.5. The van der Waals surface area contributed by atoms with Crippen molar-refractivity contribution in [3.8, 4) is 0 Å². The molecule has 1 aromatic heterocycles. The SMILES string of the molecule is Cc1n[nH]c(C)c1C(=O)NC1CCNC2(CCCCC2)C1. The molecule has 1 aliphatic heterocycles. The number of nitrogens with one attached hydrogen (secondary N) is 3. The van der Waals surface area contributed by atoms with Gasteiger partial charge in [0.15, 0.2) is 0 Å². The van der Waals surface area contributed by atoms with Crippen molar-refractivity contribution in [2.24, 2.45) is 0 Å². The molecule has 1 spiro atoms. The van der Waals surface area contributed by atoms with E-state index in [2.05, 4.69) is 20.8 Å². The number of amides is 1. The van der Waals surface area contributed by atoms with E-state index < -0.39 is 0 Å². The van der Waals surface area contributed by atoms with Gasteiger partial charge in [0.1, 0.15) is 0 Å². The van der Waals surface area contributed by atoms with E-state index in [-0.39, 0.29) is 17.5 Å². The minimum atomic E-state index is 0.0246. The van der Waals surface area contributed by atoms with Crippen molar-refractivity contribution >= 4 is 5.91 Å². The van der Waals surface area contributed by atoms with Crippen molar-refractivity contribution < 1.29 is 4.79 Å². The van der Waals surface area contributed by atoms with Crippen LogP contribution in [0, 0.1) is 13.8 Å². The second-order valence-electron chi connectivity index (χ2n) is 6.74. The number of carbonyl (C=O) groups is 1. The van der Waals surface area contributed by atoms with Crippen LogP contribution in [-0.2, 0) is 0 Å². The Balaban J connectivity index is 1.66. The van der Waals surface area contributed by atoms with Gasteiger partial charge in [-0.3, -0.25) is 9.89 Å². The maximum atomic E-state index is 12.5. The summed E-state index contributed by atoms with van der Waals surface area (Å²) in [5, 5.41) is 14.0. The summed E-state index contributed by atoms with van der Waals surface area (Å²) < 4.78 is 0. The number of nitrogens with zero attached hydrogens (tertiary/aromatic N) is 1. The zero-order valence-electron chi connectivity index (χ0n) is 13.1. The summed E-state index contributed by atoms with van der Waals surface area (Å²) in [4.78, 5) is 12.5. The van der Waals surface area contributed by atoms with E-state index >= 15 is 0 Å². The van der Waals surface area contributed by atoms with Gasteiger partial charge in [-0.2, -0.15) is 5.10 Å². The lowest BCUT2D eigenvalue weighted by Gasteiger charge is -2.44. The molecule has 3 N–H and O–H groups in total. The average molecular weight is 290 g/mol. The first-order chi connectivity index (χ1) is 10.1. The lowest BCUT2D eigenvalue weighted by Crippen LogP contribution is -2.57. The van der Waals surface area contributed by atoms with Crippen molar-refractivity contribution in [3.05, 3.63) is 17.0 Å². The minimum Gasteiger partial charge on any atom is -0.349 e. The fourth-order valence-corrected chi connectivity index (χ4v) is 4.03. The molecule has 5 heteroatoms. The topological polar surface area (TPSA) is 69.8 Å². The van der Waals surface area contributed by atoms with E-state index in [1.54, 1.807) is 0 Å². The van der Waals surface area contributed by atoms with Gasteiger partial charge in [-0.1, -0.05) is 19.3 Å². The summed E-state index contributed by atoms with van der Waals surface area (Å²) in [6, 6.07) is 0.283. The molecule has 1 aromatic rings. The van der Waals surface area contributed by atoms with Gasteiger partial charge in [0.2, 0.25) is 0 Å². The quantitative estimate of drug-likeness (QED) is 0.782. The van der Waals surface area contributed by atoms with Crippen molar-refractivity contribution in [2.75, 3.05) is 6.54 Å². The predicted molar refractivity (Wildman–Crippen MR) is 82.4 cm³/mol. The highest BCUT2D eigenvalue weighted by atomic mass is 16.1. The third kappa shape index (κ3) is 2.98. The van der Waals surface area contributed by atoms with E-state index in [0.717, 1.165) is 30.8 Å². The third-order valence-corrected chi connectivity index (χ3v) is 5.13. The van der Waals surface area contributed by atoms with E-state index in [9.17, 15) is 4.79 Å². The Labute approximate surface area is 126 Å². The van der Waals surface area contributed by atoms with Crippen LogP contribution in [-0.4, -0.2) is 34.2 Å². The Bertz CT molecular complexity index is 491. The molecule has 2 aliphatic rings. The highest BCUT2D eigenvalue weighted by Gasteiger charge is 2.37. The van der Waals surface area contributed by atoms with Gasteiger partial charge in [0.25, 0.3) is 5.91 Å². The van der Waals surface area contributed by atoms with Crippen LogP contribution in [0.4, 0.5) is 0 Å². The first-order valence-corrected chi connectivity index (χ1v) is 8.17. The molecule has 21 heavy (non-hydrogen) atoms. The largest absolute Gasteiger partial charge is 0.349 e. The zero-order valence-corrected chi connectivity index (χ0v) is 13.1. The summed E-state index contributed by atoms with van der Waals surface area (Å²) in [6.07, 6.45) is 8.57. The number of aromatic nitrogens is 2. The first kappa shape index (κ1) is 14.6. The Morgan fingerprint density at radius 1 is 1.29 bits per heavy atom. The number of hydrogen-bond donors (Lipinski definition) is 3. The maximum Gasteiger partial charge on any atom is 0.255 e. The number of piperidine rings is 1. The van der Waals surface area contributed by atoms with E-state index in [1.807, 2.05) is 13.8 Å². The van der Waals surface area contributed by atoms with Crippen LogP contribution in [0.2, 0.25) is 0 Å². The summed E-state index contributed by atoms with van der Waals surface area (Å²) in [6.45, 7) is 4.79. The molecule has 5 nitrogen and oxygen atoms in total. The summed E-state index contributed by atoms with van der Waals surface area (Å²) in [5.41, 5.74) is 2.62. The Morgan fingerprint density at radius 3 is 2.71 bits per heavy atom. The van der Waals surface area contributed by atoms with Gasteiger partial charge >= 0.3 is 0 Å². The average Bonchev–Trinajstić information content (AvgIpc) is 2.79. The van der Waals surface area contributed by atoms with E-state index in [0.29, 0.717) is 5.56 Å². The van der Waals surface area contributed by atoms with Crippen LogP contribution in [0.25, 0.3) is 0 Å². The molecule has 1 atom stereocenters. The van der Waals surface area contributed by atoms with Crippen LogP contribution in [0.5, 0.6) is 0 Å². The molecule has 0 aromatic carbocycles. The van der Waals surface area contributed by atoms with Crippen LogP contribution in [0.15, 0.2) is 0 Å². The highest BCUT2D eigenvalue weighted by Crippen LogP contribution is 2.34. The molecule has 3 rings (SSSR count). The monoisotopic (exact) mass is 290 g/mol. The lowest BCUT2D eigenvalue weighted by molar-refractivity contribution is 0.0891. The third-order valence-electron chi connectivity index (χ3n) is 5.13. The number of hydrogen-bond acceptors (Lipinski definition) is 3. The molecule has 0 bridgehead atoms. The van der Waals surface area contributed by atoms with Gasteiger partial charge in [0, 0.05) is 17.3 Å². The second kappa shape index (κ2) is 5.79. The van der Waals surface area contributed by atoms with Crippen LogP contribution < -0.4 is 10.6 Å². The molecule has 1 aliphatic carbocycles. The first-order valence-electron chi connectivity index (χ1n) is 8.17. The zero-order chi connectivity index (χ0) is 14.9. The molecule has 116 valence electrons. The van der Waals surface area contributed by atoms with Crippen molar-refractivity contribution in [1.29, 1.82) is 0 Å². The smallest absolute Gasteiger partial charge is 0.255 e. The van der Waals surface area contributed by atoms with Crippen LogP contribution in [0.3, 0.4) is 0 Å². The second-order valence-corrected chi connectivity index (χ2v) is 6.74. The fraction of sp³-hybridized carbons (Fsp3) is 0.750. The molecule has 2 heterocycles. The number of aromatic amines is 1. The standard InChI is InChI=1S/C16H26N4O/c1-11-14(12(2)20-19-11)15(21)18-13-6-9-17-16(10-13)7-4-3-5-8-16/h13,17H,3-10H2,1-2H3,(H,18,21)(H,19,20). The summed E-state index contributed by atoms with van der Waals surface area (Å²) in [5.74, 6) is 0.0246. The van der Waals surface area contributed by atoms with Crippen LogP contribution >= 0.6 is 0 Å². The highest BCUT2D eigenvalue weighted by molar-refractivity contribution is 5.96. The van der Waals surface area contributed by atoms with Crippen molar-refractivity contribution in [1.82, 2.24) is 20.8 Å². The molecule has 1 saturated carbocycles. The van der Waals surface area contributed by atoms with E-state index in [4.69, 9.17) is 0 Å². The predicted octanol–water partition coefficient (Wildman–Crippen LogP) is 2.21. The van der Waals surface area contributed by atoms with E-state index in [1.165, 1.54) is 32.1 Å². The molecule has 1 amide bonds.